The van der Waals surface area contributed by atoms with Crippen LogP contribution in [-0.4, -0.2) is 19.1 Å². The number of fused-ring (bicyclic) bond motifs is 1. The van der Waals surface area contributed by atoms with Gasteiger partial charge in [0.25, 0.3) is 0 Å². The predicted octanol–water partition coefficient (Wildman–Crippen LogP) is 2.78. The van der Waals surface area contributed by atoms with E-state index < -0.39 is 0 Å². The van der Waals surface area contributed by atoms with E-state index in [2.05, 4.69) is 72.7 Å². The lowest BCUT2D eigenvalue weighted by Crippen LogP contribution is -2.29. The number of hydrogen-bond donors (Lipinski definition) is 1. The molecule has 2 heteroatoms. The van der Waals surface area contributed by atoms with Gasteiger partial charge in [0, 0.05) is 11.3 Å². The average molecular weight is 306 g/mol. The highest BCUT2D eigenvalue weighted by atomic mass is 14.9. The van der Waals surface area contributed by atoms with E-state index in [0.29, 0.717) is 6.04 Å². The molecule has 0 spiro atoms. The zero-order chi connectivity index (χ0) is 16.1. The van der Waals surface area contributed by atoms with Crippen molar-refractivity contribution < 1.29 is 0 Å². The van der Waals surface area contributed by atoms with Crippen molar-refractivity contribution >= 4 is 5.57 Å². The lowest BCUT2D eigenvalue weighted by Gasteiger charge is -2.14. The van der Waals surface area contributed by atoms with E-state index >= 15 is 0 Å². The van der Waals surface area contributed by atoms with E-state index in [-0.39, 0.29) is 0 Å². The fourth-order valence-electron chi connectivity index (χ4n) is 3.19. The summed E-state index contributed by atoms with van der Waals surface area (Å²) >= 11 is 0. The molecule has 1 aliphatic heterocycles. The minimum absolute atomic E-state index is 0.517. The van der Waals surface area contributed by atoms with Gasteiger partial charge >= 0.3 is 0 Å². The fraction of sp³-hybridized carbons (Fsp3) is 0.381. The lowest BCUT2D eigenvalue weighted by molar-refractivity contribution is 0.536. The first-order valence-electron chi connectivity index (χ1n) is 8.63. The molecule has 23 heavy (non-hydrogen) atoms. The topological polar surface area (TPSA) is 24.4 Å². The third kappa shape index (κ3) is 4.29. The zero-order valence-electron chi connectivity index (χ0n) is 14.2. The standard InChI is InChI=1S/C21H26N2/c1-16-9-11-18(12-10-16)14-17(2)22-13-5-6-19-15-23-21-8-4-3-7-20(19)21/h3-4,7-12,17,22H,5-6,13-15H2,1-2H3. The predicted molar refractivity (Wildman–Crippen MR) is 97.1 cm³/mol. The normalized spacial score (nSPS) is 14.4. The molecular formula is C21H26N2. The molecule has 120 valence electrons. The van der Waals surface area contributed by atoms with Gasteiger partial charge in [0.05, 0.1) is 11.9 Å². The summed E-state index contributed by atoms with van der Waals surface area (Å²) in [6.07, 6.45) is 3.41. The Morgan fingerprint density at radius 3 is 2.70 bits per heavy atom. The minimum atomic E-state index is 0.517. The fourth-order valence-corrected chi connectivity index (χ4v) is 3.19. The third-order valence-electron chi connectivity index (χ3n) is 4.54. The van der Waals surface area contributed by atoms with Crippen molar-refractivity contribution in [1.29, 1.82) is 0 Å². The largest absolute Gasteiger partial charge is 0.314 e. The summed E-state index contributed by atoms with van der Waals surface area (Å²) in [5, 5.41) is 6.18. The number of aryl methyl sites for hydroxylation is 1. The number of para-hydroxylation sites is 1. The number of nitrogens with zero attached hydrogens (tertiary/aromatic N) is 1. The molecule has 2 aromatic carbocycles. The number of benzene rings is 2. The molecule has 1 aliphatic rings. The van der Waals surface area contributed by atoms with E-state index in [1.807, 2.05) is 0 Å². The van der Waals surface area contributed by atoms with Crippen molar-refractivity contribution in [3.05, 3.63) is 70.2 Å². The van der Waals surface area contributed by atoms with Crippen molar-refractivity contribution in [2.45, 2.75) is 39.2 Å². The highest BCUT2D eigenvalue weighted by molar-refractivity contribution is 5.48. The van der Waals surface area contributed by atoms with Crippen LogP contribution in [0.1, 0.15) is 30.9 Å². The molecular weight excluding hydrogens is 280 g/mol. The monoisotopic (exact) mass is 306 g/mol. The van der Waals surface area contributed by atoms with Crippen molar-refractivity contribution in [2.24, 2.45) is 4.99 Å². The Bertz CT molecular complexity index is 759. The number of nitrogens with one attached hydrogen (secondary N) is 1. The molecule has 1 N–H and O–H groups in total. The maximum atomic E-state index is 4.60. The van der Waals surface area contributed by atoms with Gasteiger partial charge in [-0.05, 0) is 56.9 Å². The van der Waals surface area contributed by atoms with E-state index in [4.69, 9.17) is 0 Å². The summed E-state index contributed by atoms with van der Waals surface area (Å²) in [5.74, 6) is 0. The SMILES string of the molecule is Cc1ccc(CC(C)NCCCC2=c3ccccc3=NC2)cc1. The average Bonchev–Trinajstić information content (AvgIpc) is 2.97. The summed E-state index contributed by atoms with van der Waals surface area (Å²) in [5.41, 5.74) is 4.23. The summed E-state index contributed by atoms with van der Waals surface area (Å²) in [6, 6.07) is 17.9. The van der Waals surface area contributed by atoms with E-state index in [1.54, 1.807) is 0 Å². The summed E-state index contributed by atoms with van der Waals surface area (Å²) in [6.45, 7) is 6.36. The maximum Gasteiger partial charge on any atom is 0.0650 e. The minimum Gasteiger partial charge on any atom is -0.314 e. The number of hydrogen-bond acceptors (Lipinski definition) is 2. The quantitative estimate of drug-likeness (QED) is 0.782. The van der Waals surface area contributed by atoms with Crippen LogP contribution < -0.4 is 15.9 Å². The molecule has 0 radical (unpaired) electrons. The molecule has 0 aliphatic carbocycles. The van der Waals surface area contributed by atoms with Crippen LogP contribution in [0.5, 0.6) is 0 Å². The van der Waals surface area contributed by atoms with Crippen molar-refractivity contribution in [2.75, 3.05) is 13.1 Å². The highest BCUT2D eigenvalue weighted by Gasteiger charge is 2.07. The van der Waals surface area contributed by atoms with Crippen LogP contribution in [0.2, 0.25) is 0 Å². The van der Waals surface area contributed by atoms with Gasteiger partial charge in [0.15, 0.2) is 0 Å². The Labute approximate surface area is 139 Å². The molecule has 0 fully saturated rings. The van der Waals surface area contributed by atoms with Crippen molar-refractivity contribution in [3.8, 4) is 0 Å². The van der Waals surface area contributed by atoms with Gasteiger partial charge in [0.1, 0.15) is 0 Å². The van der Waals surface area contributed by atoms with Gasteiger partial charge in [-0.3, -0.25) is 4.99 Å². The molecule has 0 amide bonds. The Morgan fingerprint density at radius 2 is 1.87 bits per heavy atom. The Balaban J connectivity index is 1.44. The molecule has 0 aromatic heterocycles. The molecule has 1 atom stereocenters. The molecule has 2 nitrogen and oxygen atoms in total. The second-order valence-corrected chi connectivity index (χ2v) is 6.59. The number of rotatable bonds is 7. The highest BCUT2D eigenvalue weighted by Crippen LogP contribution is 2.08. The first kappa shape index (κ1) is 15.9. The molecule has 2 aromatic rings. The van der Waals surface area contributed by atoms with Gasteiger partial charge in [-0.1, -0.05) is 48.0 Å². The molecule has 0 bridgehead atoms. The van der Waals surface area contributed by atoms with Crippen LogP contribution in [0.25, 0.3) is 5.57 Å². The van der Waals surface area contributed by atoms with Crippen LogP contribution in [0.3, 0.4) is 0 Å². The van der Waals surface area contributed by atoms with Gasteiger partial charge in [-0.15, -0.1) is 0 Å². The molecule has 1 heterocycles. The Hall–Kier alpha value is -1.93. The van der Waals surface area contributed by atoms with Crippen LogP contribution >= 0.6 is 0 Å². The van der Waals surface area contributed by atoms with Gasteiger partial charge in [-0.2, -0.15) is 0 Å². The van der Waals surface area contributed by atoms with Crippen LogP contribution in [0, 0.1) is 6.92 Å². The van der Waals surface area contributed by atoms with E-state index in [0.717, 1.165) is 25.9 Å². The molecule has 1 unspecified atom stereocenters. The van der Waals surface area contributed by atoms with Crippen molar-refractivity contribution in [1.82, 2.24) is 5.32 Å². The first-order chi connectivity index (χ1) is 11.2. The second kappa shape index (κ2) is 7.56. The zero-order valence-corrected chi connectivity index (χ0v) is 14.2. The van der Waals surface area contributed by atoms with Gasteiger partial charge in [0.2, 0.25) is 0 Å². The van der Waals surface area contributed by atoms with Crippen LogP contribution in [0.15, 0.2) is 53.5 Å². The van der Waals surface area contributed by atoms with Crippen molar-refractivity contribution in [3.63, 3.8) is 0 Å². The summed E-state index contributed by atoms with van der Waals surface area (Å²) < 4.78 is 0. The Morgan fingerprint density at radius 1 is 1.09 bits per heavy atom. The lowest BCUT2D eigenvalue weighted by atomic mass is 10.0. The molecule has 0 saturated heterocycles. The summed E-state index contributed by atoms with van der Waals surface area (Å²) in [4.78, 5) is 4.60. The van der Waals surface area contributed by atoms with E-state index in [1.165, 1.54) is 33.7 Å². The third-order valence-corrected chi connectivity index (χ3v) is 4.54. The van der Waals surface area contributed by atoms with Crippen LogP contribution in [0.4, 0.5) is 0 Å². The molecule has 3 rings (SSSR count). The Kier molecular flexibility index (Phi) is 5.24. The van der Waals surface area contributed by atoms with Crippen LogP contribution in [-0.2, 0) is 6.42 Å². The smallest absolute Gasteiger partial charge is 0.0650 e. The van der Waals surface area contributed by atoms with Gasteiger partial charge in [-0.25, -0.2) is 0 Å². The van der Waals surface area contributed by atoms with Gasteiger partial charge < -0.3 is 5.32 Å². The second-order valence-electron chi connectivity index (χ2n) is 6.59. The summed E-state index contributed by atoms with van der Waals surface area (Å²) in [7, 11) is 0. The van der Waals surface area contributed by atoms with E-state index in [9.17, 15) is 0 Å². The maximum absolute atomic E-state index is 4.60. The first-order valence-corrected chi connectivity index (χ1v) is 8.63. The molecule has 0 saturated carbocycles.